The highest BCUT2D eigenvalue weighted by Gasteiger charge is 2.03. The minimum absolute atomic E-state index is 0.0513. The number of carbonyl (C=O) groups is 1. The molecule has 1 aromatic carbocycles. The van der Waals surface area contributed by atoms with Crippen LogP contribution in [0.25, 0.3) is 0 Å². The SMILES string of the molecule is CNCCC#Cc1cccc(C=O)c1F. The average molecular weight is 205 g/mol. The molecule has 2 nitrogen and oxygen atoms in total. The Balaban J connectivity index is 2.84. The van der Waals surface area contributed by atoms with Crippen molar-refractivity contribution in [2.45, 2.75) is 6.42 Å². The maximum absolute atomic E-state index is 13.4. The lowest BCUT2D eigenvalue weighted by atomic mass is 10.1. The van der Waals surface area contributed by atoms with Gasteiger partial charge in [0.05, 0.1) is 11.1 Å². The van der Waals surface area contributed by atoms with Gasteiger partial charge in [0.2, 0.25) is 0 Å². The maximum atomic E-state index is 13.4. The van der Waals surface area contributed by atoms with Gasteiger partial charge in [0.25, 0.3) is 0 Å². The molecule has 0 heterocycles. The van der Waals surface area contributed by atoms with Crippen molar-refractivity contribution < 1.29 is 9.18 Å². The second-order valence-corrected chi connectivity index (χ2v) is 2.98. The zero-order chi connectivity index (χ0) is 11.1. The fourth-order valence-corrected chi connectivity index (χ4v) is 1.08. The van der Waals surface area contributed by atoms with Crippen LogP contribution in [0.4, 0.5) is 4.39 Å². The third kappa shape index (κ3) is 3.19. The van der Waals surface area contributed by atoms with Crippen LogP contribution in [-0.4, -0.2) is 19.9 Å². The Morgan fingerprint density at radius 2 is 2.33 bits per heavy atom. The lowest BCUT2D eigenvalue weighted by molar-refractivity contribution is 0.112. The Kier molecular flexibility index (Phi) is 4.52. The molecular formula is C12H12FNO. The van der Waals surface area contributed by atoms with Crippen LogP contribution in [0.15, 0.2) is 18.2 Å². The first-order valence-electron chi connectivity index (χ1n) is 4.66. The molecule has 15 heavy (non-hydrogen) atoms. The van der Waals surface area contributed by atoms with Crippen LogP contribution < -0.4 is 5.32 Å². The first-order valence-corrected chi connectivity index (χ1v) is 4.66. The predicted molar refractivity (Wildman–Crippen MR) is 57.2 cm³/mol. The van der Waals surface area contributed by atoms with E-state index in [0.717, 1.165) is 6.54 Å². The third-order valence-electron chi connectivity index (χ3n) is 1.88. The lowest BCUT2D eigenvalue weighted by Gasteiger charge is -1.96. The van der Waals surface area contributed by atoms with Gasteiger partial charge in [-0.05, 0) is 19.2 Å². The first-order chi connectivity index (χ1) is 7.29. The minimum Gasteiger partial charge on any atom is -0.319 e. The van der Waals surface area contributed by atoms with Crippen molar-refractivity contribution >= 4 is 6.29 Å². The van der Waals surface area contributed by atoms with E-state index in [1.807, 2.05) is 7.05 Å². The zero-order valence-corrected chi connectivity index (χ0v) is 8.51. The summed E-state index contributed by atoms with van der Waals surface area (Å²) >= 11 is 0. The van der Waals surface area contributed by atoms with E-state index in [9.17, 15) is 9.18 Å². The van der Waals surface area contributed by atoms with Crippen LogP contribution in [-0.2, 0) is 0 Å². The molecule has 0 aliphatic rings. The topological polar surface area (TPSA) is 29.1 Å². The summed E-state index contributed by atoms with van der Waals surface area (Å²) in [7, 11) is 1.83. The highest BCUT2D eigenvalue weighted by molar-refractivity contribution is 5.76. The van der Waals surface area contributed by atoms with Gasteiger partial charge in [0, 0.05) is 13.0 Å². The minimum atomic E-state index is -0.538. The molecule has 0 amide bonds. The van der Waals surface area contributed by atoms with Gasteiger partial charge in [0.1, 0.15) is 5.82 Å². The summed E-state index contributed by atoms with van der Waals surface area (Å²) in [5.74, 6) is 4.99. The van der Waals surface area contributed by atoms with Crippen molar-refractivity contribution in [1.29, 1.82) is 0 Å². The number of hydrogen-bond donors (Lipinski definition) is 1. The van der Waals surface area contributed by atoms with Crippen molar-refractivity contribution in [2.75, 3.05) is 13.6 Å². The highest BCUT2D eigenvalue weighted by atomic mass is 19.1. The molecule has 0 saturated heterocycles. The molecule has 78 valence electrons. The Labute approximate surface area is 88.5 Å². The normalized spacial score (nSPS) is 9.20. The molecule has 3 heteroatoms. The summed E-state index contributed by atoms with van der Waals surface area (Å²) in [6, 6.07) is 4.62. The smallest absolute Gasteiger partial charge is 0.153 e. The molecule has 0 bridgehead atoms. The van der Waals surface area contributed by atoms with Gasteiger partial charge < -0.3 is 5.32 Å². The summed E-state index contributed by atoms with van der Waals surface area (Å²) in [6.45, 7) is 0.766. The second-order valence-electron chi connectivity index (χ2n) is 2.98. The van der Waals surface area contributed by atoms with Crippen LogP contribution in [0.3, 0.4) is 0 Å². The van der Waals surface area contributed by atoms with Crippen LogP contribution in [0, 0.1) is 17.7 Å². The summed E-state index contributed by atoms with van der Waals surface area (Å²) in [6.07, 6.45) is 1.15. The number of halogens is 1. The van der Waals surface area contributed by atoms with Crippen molar-refractivity contribution in [3.05, 3.63) is 35.1 Å². The van der Waals surface area contributed by atoms with Gasteiger partial charge in [-0.1, -0.05) is 17.9 Å². The maximum Gasteiger partial charge on any atom is 0.153 e. The average Bonchev–Trinajstić information content (AvgIpc) is 2.26. The molecule has 1 aromatic rings. The molecule has 0 unspecified atom stereocenters. The quantitative estimate of drug-likeness (QED) is 0.461. The number of nitrogens with one attached hydrogen (secondary N) is 1. The fourth-order valence-electron chi connectivity index (χ4n) is 1.08. The number of carbonyl (C=O) groups excluding carboxylic acids is 1. The van der Waals surface area contributed by atoms with E-state index in [1.165, 1.54) is 6.07 Å². The van der Waals surface area contributed by atoms with Crippen LogP contribution in [0.2, 0.25) is 0 Å². The Morgan fingerprint density at radius 3 is 3.00 bits per heavy atom. The van der Waals surface area contributed by atoms with Crippen molar-refractivity contribution in [2.24, 2.45) is 0 Å². The van der Waals surface area contributed by atoms with Gasteiger partial charge >= 0.3 is 0 Å². The molecule has 0 fully saturated rings. The standard InChI is InChI=1S/C12H12FNO/c1-14-8-3-2-5-10-6-4-7-11(9-15)12(10)13/h4,6-7,9,14H,3,8H2,1H3. The number of rotatable bonds is 3. The summed E-state index contributed by atoms with van der Waals surface area (Å²) in [5, 5.41) is 2.94. The van der Waals surface area contributed by atoms with E-state index in [0.29, 0.717) is 12.7 Å². The molecule has 0 spiro atoms. The molecule has 1 N–H and O–H groups in total. The van der Waals surface area contributed by atoms with E-state index in [2.05, 4.69) is 17.2 Å². The van der Waals surface area contributed by atoms with E-state index >= 15 is 0 Å². The summed E-state index contributed by atoms with van der Waals surface area (Å²) in [5.41, 5.74) is 0.325. The number of aldehydes is 1. The molecular weight excluding hydrogens is 193 g/mol. The summed E-state index contributed by atoms with van der Waals surface area (Å²) in [4.78, 5) is 10.5. The molecule has 0 aliphatic heterocycles. The molecule has 0 aliphatic carbocycles. The molecule has 0 radical (unpaired) electrons. The van der Waals surface area contributed by atoms with E-state index < -0.39 is 5.82 Å². The van der Waals surface area contributed by atoms with Crippen LogP contribution in [0.1, 0.15) is 22.3 Å². The van der Waals surface area contributed by atoms with Gasteiger partial charge in [-0.25, -0.2) is 4.39 Å². The highest BCUT2D eigenvalue weighted by Crippen LogP contribution is 2.09. The molecule has 1 rings (SSSR count). The van der Waals surface area contributed by atoms with Gasteiger partial charge in [-0.2, -0.15) is 0 Å². The van der Waals surface area contributed by atoms with Crippen molar-refractivity contribution in [3.8, 4) is 11.8 Å². The fraction of sp³-hybridized carbons (Fsp3) is 0.250. The van der Waals surface area contributed by atoms with Crippen molar-refractivity contribution in [1.82, 2.24) is 5.32 Å². The summed E-state index contributed by atoms with van der Waals surface area (Å²) < 4.78 is 13.4. The van der Waals surface area contributed by atoms with E-state index in [-0.39, 0.29) is 11.1 Å². The van der Waals surface area contributed by atoms with Gasteiger partial charge in [-0.15, -0.1) is 0 Å². The largest absolute Gasteiger partial charge is 0.319 e. The third-order valence-corrected chi connectivity index (χ3v) is 1.88. The Morgan fingerprint density at radius 1 is 1.53 bits per heavy atom. The van der Waals surface area contributed by atoms with Gasteiger partial charge in [-0.3, -0.25) is 4.79 Å². The van der Waals surface area contributed by atoms with Crippen LogP contribution >= 0.6 is 0 Å². The number of benzene rings is 1. The van der Waals surface area contributed by atoms with E-state index in [4.69, 9.17) is 0 Å². The lowest BCUT2D eigenvalue weighted by Crippen LogP contribution is -2.05. The first kappa shape index (κ1) is 11.4. The van der Waals surface area contributed by atoms with E-state index in [1.54, 1.807) is 12.1 Å². The Hall–Kier alpha value is -1.66. The second kappa shape index (κ2) is 5.94. The van der Waals surface area contributed by atoms with Crippen LogP contribution in [0.5, 0.6) is 0 Å². The van der Waals surface area contributed by atoms with Crippen molar-refractivity contribution in [3.63, 3.8) is 0 Å². The number of hydrogen-bond acceptors (Lipinski definition) is 2. The zero-order valence-electron chi connectivity index (χ0n) is 8.51. The molecule has 0 aromatic heterocycles. The predicted octanol–water partition coefficient (Wildman–Crippen LogP) is 1.60. The molecule has 0 atom stereocenters. The van der Waals surface area contributed by atoms with Gasteiger partial charge in [0.15, 0.2) is 6.29 Å². The molecule has 0 saturated carbocycles. The monoisotopic (exact) mass is 205 g/mol. The Bertz CT molecular complexity index is 404.